The molecule has 0 N–H and O–H groups in total. The van der Waals surface area contributed by atoms with Gasteiger partial charge in [0.2, 0.25) is 5.60 Å². The third-order valence-corrected chi connectivity index (χ3v) is 9.04. The lowest BCUT2D eigenvalue weighted by molar-refractivity contribution is -0.257. The molecule has 1 aliphatic carbocycles. The molecule has 12 heteroatoms. The third-order valence-electron chi connectivity index (χ3n) is 7.24. The van der Waals surface area contributed by atoms with Crippen LogP contribution in [0.15, 0.2) is 47.4 Å². The van der Waals surface area contributed by atoms with Gasteiger partial charge in [0.15, 0.2) is 0 Å². The van der Waals surface area contributed by atoms with Gasteiger partial charge >= 0.3 is 12.1 Å². The second-order valence-electron chi connectivity index (χ2n) is 10.8. The van der Waals surface area contributed by atoms with Crippen LogP contribution < -0.4 is 9.04 Å². The fourth-order valence-electron chi connectivity index (χ4n) is 4.57. The van der Waals surface area contributed by atoms with E-state index in [1.165, 1.54) is 18.2 Å². The first kappa shape index (κ1) is 29.8. The largest absolute Gasteiger partial charge is 0.486 e. The number of esters is 1. The average molecular weight is 586 g/mol. The second-order valence-corrected chi connectivity index (χ2v) is 12.6. The molecule has 218 valence electrons. The molecular formula is C28H31F4NO6S. The Labute approximate surface area is 230 Å². The molecule has 1 atom stereocenters. The molecule has 0 radical (unpaired) electrons. The number of sulfonamides is 1. The Hall–Kier alpha value is -3.15. The summed E-state index contributed by atoms with van der Waals surface area (Å²) in [7, 11) is -4.23. The van der Waals surface area contributed by atoms with Crippen molar-refractivity contribution in [2.75, 3.05) is 10.8 Å². The highest BCUT2D eigenvalue weighted by atomic mass is 32.2. The summed E-state index contributed by atoms with van der Waals surface area (Å²) in [4.78, 5) is 24.6. The minimum atomic E-state index is -4.78. The Morgan fingerprint density at radius 3 is 2.35 bits per heavy atom. The molecule has 1 fully saturated rings. The molecule has 4 rings (SSSR count). The molecule has 1 aliphatic heterocycles. The molecule has 0 unspecified atom stereocenters. The van der Waals surface area contributed by atoms with Gasteiger partial charge in [0, 0.05) is 12.8 Å². The van der Waals surface area contributed by atoms with E-state index < -0.39 is 46.1 Å². The number of fused-ring (bicyclic) bond motifs is 1. The first-order valence-electron chi connectivity index (χ1n) is 13.0. The number of halogens is 4. The summed E-state index contributed by atoms with van der Waals surface area (Å²) in [6.45, 7) is 1.32. The summed E-state index contributed by atoms with van der Waals surface area (Å²) in [5, 5.41) is 0. The van der Waals surface area contributed by atoms with Crippen LogP contribution in [0.4, 0.5) is 23.2 Å². The van der Waals surface area contributed by atoms with Crippen molar-refractivity contribution >= 4 is 27.5 Å². The lowest BCUT2D eigenvalue weighted by Crippen LogP contribution is -2.44. The smallest absolute Gasteiger partial charge is 0.427 e. The summed E-state index contributed by atoms with van der Waals surface area (Å²) >= 11 is 0. The number of ketones is 1. The zero-order valence-corrected chi connectivity index (χ0v) is 23.0. The van der Waals surface area contributed by atoms with E-state index in [9.17, 15) is 35.6 Å². The fraction of sp³-hybridized carbons (Fsp3) is 0.500. The number of hydrogen-bond acceptors (Lipinski definition) is 6. The van der Waals surface area contributed by atoms with Crippen LogP contribution in [-0.4, -0.2) is 44.6 Å². The van der Waals surface area contributed by atoms with Crippen molar-refractivity contribution in [1.29, 1.82) is 0 Å². The van der Waals surface area contributed by atoms with E-state index in [0.29, 0.717) is 12.3 Å². The van der Waals surface area contributed by atoms with Gasteiger partial charge in [-0.1, -0.05) is 25.3 Å². The fourth-order valence-corrected chi connectivity index (χ4v) is 6.07. The minimum Gasteiger partial charge on any atom is -0.486 e. The van der Waals surface area contributed by atoms with E-state index in [0.717, 1.165) is 61.7 Å². The lowest BCUT2D eigenvalue weighted by Gasteiger charge is -2.36. The van der Waals surface area contributed by atoms with Crippen LogP contribution in [-0.2, 0) is 30.8 Å². The van der Waals surface area contributed by atoms with E-state index in [1.807, 2.05) is 0 Å². The molecule has 2 aromatic rings. The molecular weight excluding hydrogens is 554 g/mol. The highest BCUT2D eigenvalue weighted by Crippen LogP contribution is 2.39. The minimum absolute atomic E-state index is 0.0711. The van der Waals surface area contributed by atoms with Crippen molar-refractivity contribution in [2.24, 2.45) is 5.92 Å². The molecule has 1 heterocycles. The highest BCUT2D eigenvalue weighted by Gasteiger charge is 2.50. The van der Waals surface area contributed by atoms with E-state index in [2.05, 4.69) is 4.74 Å². The first-order chi connectivity index (χ1) is 18.7. The number of alkyl halides is 3. The SMILES string of the molecule is CC(C)(OC(=O)Cc1ccc2c(c1)N(S(=O)(=O)c1ccc(F)cc1)C[C@H](CCC(=O)CC1CCC1)O2)C(F)(F)F. The molecule has 2 aromatic carbocycles. The van der Waals surface area contributed by atoms with Gasteiger partial charge < -0.3 is 9.47 Å². The van der Waals surface area contributed by atoms with Crippen molar-refractivity contribution in [3.05, 3.63) is 53.8 Å². The number of nitrogens with zero attached hydrogens (tertiary/aromatic N) is 1. The van der Waals surface area contributed by atoms with Gasteiger partial charge in [0.05, 0.1) is 23.5 Å². The summed E-state index contributed by atoms with van der Waals surface area (Å²) in [6, 6.07) is 8.49. The maximum absolute atomic E-state index is 13.6. The molecule has 1 saturated carbocycles. The predicted octanol–water partition coefficient (Wildman–Crippen LogP) is 5.75. The monoisotopic (exact) mass is 585 g/mol. The van der Waals surface area contributed by atoms with E-state index in [4.69, 9.17) is 4.74 Å². The van der Waals surface area contributed by atoms with Crippen LogP contribution in [0, 0.1) is 11.7 Å². The Morgan fingerprint density at radius 1 is 1.07 bits per heavy atom. The predicted molar refractivity (Wildman–Crippen MR) is 138 cm³/mol. The lowest BCUT2D eigenvalue weighted by atomic mass is 9.81. The van der Waals surface area contributed by atoms with Gasteiger partial charge in [0.1, 0.15) is 23.5 Å². The summed E-state index contributed by atoms with van der Waals surface area (Å²) in [5.41, 5.74) is -2.43. The topological polar surface area (TPSA) is 90.0 Å². The first-order valence-corrected chi connectivity index (χ1v) is 14.5. The summed E-state index contributed by atoms with van der Waals surface area (Å²) in [5.74, 6) is -1.10. The number of carbonyl (C=O) groups is 2. The molecule has 40 heavy (non-hydrogen) atoms. The normalized spacial score (nSPS) is 17.9. The number of ether oxygens (including phenoxy) is 2. The maximum atomic E-state index is 13.6. The molecule has 7 nitrogen and oxygen atoms in total. The highest BCUT2D eigenvalue weighted by molar-refractivity contribution is 7.92. The van der Waals surface area contributed by atoms with E-state index in [-0.39, 0.29) is 47.1 Å². The van der Waals surface area contributed by atoms with Gasteiger partial charge in [-0.2, -0.15) is 13.2 Å². The van der Waals surface area contributed by atoms with Crippen molar-refractivity contribution in [3.63, 3.8) is 0 Å². The van der Waals surface area contributed by atoms with Gasteiger partial charge in [-0.25, -0.2) is 12.8 Å². The van der Waals surface area contributed by atoms with Gasteiger partial charge in [-0.15, -0.1) is 0 Å². The average Bonchev–Trinajstić information content (AvgIpc) is 2.83. The standard InChI is InChI=1S/C28H31F4NO6S/c1-27(2,28(30,31)32)39-26(35)16-19-6-13-25-24(15-19)33(40(36,37)23-11-7-20(29)8-12-23)17-22(38-25)10-9-21(34)14-18-4-3-5-18/h6-8,11-13,15,18,22H,3-5,9-10,14,16-17H2,1-2H3/t22-/m0/s1. The van der Waals surface area contributed by atoms with Crippen molar-refractivity contribution in [2.45, 2.75) is 81.6 Å². The number of hydrogen-bond donors (Lipinski definition) is 0. The Balaban J connectivity index is 1.58. The number of anilines is 1. The van der Waals surface area contributed by atoms with Crippen LogP contribution in [0.1, 0.15) is 57.9 Å². The number of rotatable bonds is 10. The number of Topliss-reactive ketones (excluding diaryl/α,β-unsaturated/α-hetero) is 1. The molecule has 2 aliphatic rings. The van der Waals surface area contributed by atoms with Crippen LogP contribution >= 0.6 is 0 Å². The van der Waals surface area contributed by atoms with Crippen molar-refractivity contribution < 1.29 is 45.0 Å². The Kier molecular flexibility index (Phi) is 8.49. The van der Waals surface area contributed by atoms with Crippen molar-refractivity contribution in [3.8, 4) is 5.75 Å². The summed E-state index contributed by atoms with van der Waals surface area (Å²) < 4.78 is 91.9. The van der Waals surface area contributed by atoms with Gasteiger partial charge in [-0.05, 0) is 68.1 Å². The molecule has 0 bridgehead atoms. The van der Waals surface area contributed by atoms with Crippen LogP contribution in [0.5, 0.6) is 5.75 Å². The zero-order valence-electron chi connectivity index (χ0n) is 22.2. The Bertz CT molecular complexity index is 1350. The quantitative estimate of drug-likeness (QED) is 0.261. The zero-order chi connectivity index (χ0) is 29.3. The number of carbonyl (C=O) groups excluding carboxylic acids is 2. The second kappa shape index (κ2) is 11.4. The molecule has 0 saturated heterocycles. The molecule has 0 amide bonds. The Morgan fingerprint density at radius 2 is 1.75 bits per heavy atom. The van der Waals surface area contributed by atoms with E-state index >= 15 is 0 Å². The van der Waals surface area contributed by atoms with Gasteiger partial charge in [-0.3, -0.25) is 13.9 Å². The van der Waals surface area contributed by atoms with Crippen LogP contribution in [0.25, 0.3) is 0 Å². The van der Waals surface area contributed by atoms with Crippen molar-refractivity contribution in [1.82, 2.24) is 0 Å². The van der Waals surface area contributed by atoms with Crippen LogP contribution in [0.2, 0.25) is 0 Å². The van der Waals surface area contributed by atoms with Crippen LogP contribution in [0.3, 0.4) is 0 Å². The third kappa shape index (κ3) is 6.76. The maximum Gasteiger partial charge on any atom is 0.427 e. The molecule has 0 aromatic heterocycles. The molecule has 0 spiro atoms. The number of benzene rings is 2. The van der Waals surface area contributed by atoms with Gasteiger partial charge in [0.25, 0.3) is 10.0 Å². The summed E-state index contributed by atoms with van der Waals surface area (Å²) in [6.07, 6.45) is -1.80. The van der Waals surface area contributed by atoms with E-state index in [1.54, 1.807) is 0 Å².